The molecule has 0 bridgehead atoms. The van der Waals surface area contributed by atoms with Gasteiger partial charge in [-0.15, -0.1) is 0 Å². The van der Waals surface area contributed by atoms with Gasteiger partial charge < -0.3 is 15.5 Å². The van der Waals surface area contributed by atoms with Gasteiger partial charge in [0.25, 0.3) is 0 Å². The van der Waals surface area contributed by atoms with Crippen LogP contribution in [0.3, 0.4) is 0 Å². The number of rotatable bonds is 3. The molecule has 108 valence electrons. The molecule has 1 aromatic rings. The molecule has 1 amide bonds. The molecular formula is C16H23N3O. The summed E-state index contributed by atoms with van der Waals surface area (Å²) >= 11 is 0. The minimum absolute atomic E-state index is 0.120. The zero-order valence-electron chi connectivity index (χ0n) is 11.9. The van der Waals surface area contributed by atoms with Crippen LogP contribution in [0.1, 0.15) is 18.4 Å². The van der Waals surface area contributed by atoms with E-state index in [1.807, 2.05) is 0 Å². The zero-order chi connectivity index (χ0) is 13.8. The predicted octanol–water partition coefficient (Wildman–Crippen LogP) is 1.16. The average Bonchev–Trinajstić information content (AvgIpc) is 2.49. The fourth-order valence-electron chi connectivity index (χ4n) is 3.12. The number of hydrogen-bond acceptors (Lipinski definition) is 3. The second-order valence-electron chi connectivity index (χ2n) is 5.84. The van der Waals surface area contributed by atoms with Crippen LogP contribution >= 0.6 is 0 Å². The first-order chi connectivity index (χ1) is 9.81. The van der Waals surface area contributed by atoms with Gasteiger partial charge in [-0.3, -0.25) is 4.79 Å². The van der Waals surface area contributed by atoms with Crippen molar-refractivity contribution in [1.82, 2.24) is 10.6 Å². The van der Waals surface area contributed by atoms with Gasteiger partial charge in [0, 0.05) is 18.8 Å². The Labute approximate surface area is 120 Å². The first-order valence-corrected chi connectivity index (χ1v) is 7.62. The van der Waals surface area contributed by atoms with Gasteiger partial charge in [0.15, 0.2) is 0 Å². The van der Waals surface area contributed by atoms with Crippen LogP contribution in [0.2, 0.25) is 0 Å². The molecule has 2 aliphatic rings. The molecule has 2 heterocycles. The standard InChI is InChI=1S/C16H23N3O/c20-16-12-19(10-9-18-16)15-3-1-13(2-4-15)11-14-5-7-17-8-6-14/h1-4,14,17H,5-12H2,(H,18,20). The van der Waals surface area contributed by atoms with Crippen molar-refractivity contribution >= 4 is 11.6 Å². The number of nitrogens with one attached hydrogen (secondary N) is 2. The SMILES string of the molecule is O=C1CN(c2ccc(CC3CCNCC3)cc2)CCN1. The Morgan fingerprint density at radius 3 is 2.55 bits per heavy atom. The van der Waals surface area contributed by atoms with E-state index in [4.69, 9.17) is 0 Å². The van der Waals surface area contributed by atoms with Gasteiger partial charge in [-0.25, -0.2) is 0 Å². The fraction of sp³-hybridized carbons (Fsp3) is 0.562. The van der Waals surface area contributed by atoms with E-state index in [2.05, 4.69) is 39.8 Å². The van der Waals surface area contributed by atoms with Gasteiger partial charge in [-0.1, -0.05) is 12.1 Å². The highest BCUT2D eigenvalue weighted by Crippen LogP contribution is 2.21. The summed E-state index contributed by atoms with van der Waals surface area (Å²) in [6.07, 6.45) is 3.75. The quantitative estimate of drug-likeness (QED) is 0.869. The third-order valence-corrected chi connectivity index (χ3v) is 4.32. The molecule has 0 aliphatic carbocycles. The number of nitrogens with zero attached hydrogens (tertiary/aromatic N) is 1. The van der Waals surface area contributed by atoms with Crippen molar-refractivity contribution in [3.63, 3.8) is 0 Å². The molecule has 0 aromatic heterocycles. The lowest BCUT2D eigenvalue weighted by atomic mass is 9.91. The van der Waals surface area contributed by atoms with Gasteiger partial charge in [0.2, 0.25) is 5.91 Å². The molecule has 0 atom stereocenters. The van der Waals surface area contributed by atoms with Gasteiger partial charge in [0.1, 0.15) is 0 Å². The summed E-state index contributed by atoms with van der Waals surface area (Å²) in [5.41, 5.74) is 2.58. The lowest BCUT2D eigenvalue weighted by Crippen LogP contribution is -2.47. The Kier molecular flexibility index (Phi) is 4.21. The van der Waals surface area contributed by atoms with Crippen LogP contribution in [0.15, 0.2) is 24.3 Å². The van der Waals surface area contributed by atoms with E-state index in [0.29, 0.717) is 6.54 Å². The number of carbonyl (C=O) groups excluding carboxylic acids is 1. The third kappa shape index (κ3) is 3.31. The largest absolute Gasteiger partial charge is 0.360 e. The minimum atomic E-state index is 0.120. The smallest absolute Gasteiger partial charge is 0.239 e. The minimum Gasteiger partial charge on any atom is -0.360 e. The summed E-state index contributed by atoms with van der Waals surface area (Å²) < 4.78 is 0. The monoisotopic (exact) mass is 273 g/mol. The molecule has 4 nitrogen and oxygen atoms in total. The highest BCUT2D eigenvalue weighted by atomic mass is 16.2. The van der Waals surface area contributed by atoms with E-state index in [1.165, 1.54) is 24.8 Å². The maximum Gasteiger partial charge on any atom is 0.239 e. The maximum absolute atomic E-state index is 11.4. The maximum atomic E-state index is 11.4. The van der Waals surface area contributed by atoms with E-state index in [9.17, 15) is 4.79 Å². The van der Waals surface area contributed by atoms with Gasteiger partial charge >= 0.3 is 0 Å². The Morgan fingerprint density at radius 1 is 1.10 bits per heavy atom. The molecule has 3 rings (SSSR count). The molecule has 0 saturated carbocycles. The topological polar surface area (TPSA) is 44.4 Å². The van der Waals surface area contributed by atoms with E-state index in [1.54, 1.807) is 0 Å². The molecule has 0 unspecified atom stereocenters. The lowest BCUT2D eigenvalue weighted by Gasteiger charge is -2.29. The number of piperazine rings is 1. The molecular weight excluding hydrogens is 250 g/mol. The van der Waals surface area contributed by atoms with Crippen molar-refractivity contribution in [2.75, 3.05) is 37.6 Å². The highest BCUT2D eigenvalue weighted by Gasteiger charge is 2.17. The van der Waals surface area contributed by atoms with Crippen molar-refractivity contribution in [2.24, 2.45) is 5.92 Å². The lowest BCUT2D eigenvalue weighted by molar-refractivity contribution is -0.120. The van der Waals surface area contributed by atoms with Gasteiger partial charge in [0.05, 0.1) is 6.54 Å². The molecule has 0 spiro atoms. The van der Waals surface area contributed by atoms with E-state index >= 15 is 0 Å². The summed E-state index contributed by atoms with van der Waals surface area (Å²) in [4.78, 5) is 13.6. The van der Waals surface area contributed by atoms with Gasteiger partial charge in [-0.05, 0) is 56.0 Å². The number of amides is 1. The van der Waals surface area contributed by atoms with Crippen LogP contribution in [0.5, 0.6) is 0 Å². The fourth-order valence-corrected chi connectivity index (χ4v) is 3.12. The molecule has 2 aliphatic heterocycles. The normalized spacial score (nSPS) is 20.8. The number of piperidine rings is 1. The summed E-state index contributed by atoms with van der Waals surface area (Å²) in [6, 6.07) is 8.78. The van der Waals surface area contributed by atoms with Crippen molar-refractivity contribution in [2.45, 2.75) is 19.3 Å². The van der Waals surface area contributed by atoms with Crippen LogP contribution in [-0.4, -0.2) is 38.6 Å². The van der Waals surface area contributed by atoms with Gasteiger partial charge in [-0.2, -0.15) is 0 Å². The average molecular weight is 273 g/mol. The van der Waals surface area contributed by atoms with E-state index in [0.717, 1.165) is 37.8 Å². The van der Waals surface area contributed by atoms with Crippen molar-refractivity contribution in [3.05, 3.63) is 29.8 Å². The molecule has 2 fully saturated rings. The zero-order valence-corrected chi connectivity index (χ0v) is 11.9. The van der Waals surface area contributed by atoms with Crippen molar-refractivity contribution < 1.29 is 4.79 Å². The van der Waals surface area contributed by atoms with Crippen LogP contribution in [0, 0.1) is 5.92 Å². The molecule has 20 heavy (non-hydrogen) atoms. The van der Waals surface area contributed by atoms with Crippen molar-refractivity contribution in [1.29, 1.82) is 0 Å². The van der Waals surface area contributed by atoms with Crippen LogP contribution in [-0.2, 0) is 11.2 Å². The third-order valence-electron chi connectivity index (χ3n) is 4.32. The van der Waals surface area contributed by atoms with Crippen LogP contribution in [0.4, 0.5) is 5.69 Å². The number of hydrogen-bond donors (Lipinski definition) is 2. The number of anilines is 1. The highest BCUT2D eigenvalue weighted by molar-refractivity contribution is 5.82. The Balaban J connectivity index is 1.60. The number of carbonyl (C=O) groups is 1. The molecule has 4 heteroatoms. The summed E-state index contributed by atoms with van der Waals surface area (Å²) in [6.45, 7) is 4.44. The molecule has 1 aromatic carbocycles. The van der Waals surface area contributed by atoms with E-state index < -0.39 is 0 Å². The summed E-state index contributed by atoms with van der Waals surface area (Å²) in [7, 11) is 0. The Bertz CT molecular complexity index is 451. The molecule has 2 N–H and O–H groups in total. The second-order valence-corrected chi connectivity index (χ2v) is 5.84. The first-order valence-electron chi connectivity index (χ1n) is 7.62. The second kappa shape index (κ2) is 6.27. The van der Waals surface area contributed by atoms with Crippen molar-refractivity contribution in [3.8, 4) is 0 Å². The predicted molar refractivity (Wildman–Crippen MR) is 81.0 cm³/mol. The summed E-state index contributed by atoms with van der Waals surface area (Å²) in [5, 5.41) is 6.27. The summed E-state index contributed by atoms with van der Waals surface area (Å²) in [5.74, 6) is 0.942. The van der Waals surface area contributed by atoms with Crippen LogP contribution < -0.4 is 15.5 Å². The molecule has 2 saturated heterocycles. The number of benzene rings is 1. The van der Waals surface area contributed by atoms with Crippen LogP contribution in [0.25, 0.3) is 0 Å². The first kappa shape index (κ1) is 13.4. The molecule has 0 radical (unpaired) electrons. The Morgan fingerprint density at radius 2 is 1.85 bits per heavy atom. The van der Waals surface area contributed by atoms with E-state index in [-0.39, 0.29) is 5.91 Å². The Hall–Kier alpha value is -1.55.